The van der Waals surface area contributed by atoms with Crippen LogP contribution in [-0.2, 0) is 4.79 Å². The van der Waals surface area contributed by atoms with Gasteiger partial charge in [-0.15, -0.1) is 10.2 Å². The Balaban J connectivity index is 1.51. The predicted octanol–water partition coefficient (Wildman–Crippen LogP) is 3.03. The molecule has 0 radical (unpaired) electrons. The van der Waals surface area contributed by atoms with Gasteiger partial charge in [0, 0.05) is 30.5 Å². The number of halogens is 1. The minimum Gasteiger partial charge on any atom is -0.340 e. The molecule has 2 aromatic heterocycles. The number of fused-ring (bicyclic) bond motifs is 1. The maximum Gasteiger partial charge on any atom is 0.231 e. The summed E-state index contributed by atoms with van der Waals surface area (Å²) in [5.41, 5.74) is 1.77. The Labute approximate surface area is 150 Å². The molecule has 0 spiro atoms. The molecule has 1 N–H and O–H groups in total. The fraction of sp³-hybridized carbons (Fsp3) is 0.316. The zero-order chi connectivity index (χ0) is 18.1. The summed E-state index contributed by atoms with van der Waals surface area (Å²) in [5.74, 6) is 0.169. The van der Waals surface area contributed by atoms with Crippen LogP contribution in [0.25, 0.3) is 5.65 Å². The lowest BCUT2D eigenvalue weighted by Crippen LogP contribution is -2.41. The van der Waals surface area contributed by atoms with Crippen molar-refractivity contribution >= 4 is 23.2 Å². The molecule has 0 bridgehead atoms. The Kier molecular flexibility index (Phi) is 4.28. The number of nitrogens with zero attached hydrogens (tertiary/aromatic N) is 4. The number of pyridine rings is 1. The zero-order valence-electron chi connectivity index (χ0n) is 14.5. The van der Waals surface area contributed by atoms with Gasteiger partial charge in [-0.1, -0.05) is 12.1 Å². The minimum atomic E-state index is -0.317. The van der Waals surface area contributed by atoms with E-state index in [0.29, 0.717) is 17.8 Å². The molecule has 134 valence electrons. The number of nitrogens with one attached hydrogen (secondary N) is 1. The van der Waals surface area contributed by atoms with E-state index in [4.69, 9.17) is 0 Å². The normalized spacial score (nSPS) is 17.5. The summed E-state index contributed by atoms with van der Waals surface area (Å²) in [7, 11) is 0. The van der Waals surface area contributed by atoms with Crippen molar-refractivity contribution in [2.24, 2.45) is 5.92 Å². The van der Waals surface area contributed by atoms with Crippen LogP contribution in [0.15, 0.2) is 42.6 Å². The number of hydrogen-bond donors (Lipinski definition) is 1. The summed E-state index contributed by atoms with van der Waals surface area (Å²) in [6.45, 7) is 3.06. The van der Waals surface area contributed by atoms with Gasteiger partial charge in [-0.3, -0.25) is 9.20 Å². The molecule has 1 saturated heterocycles. The van der Waals surface area contributed by atoms with E-state index in [0.717, 1.165) is 31.0 Å². The summed E-state index contributed by atoms with van der Waals surface area (Å²) in [5, 5.41) is 11.3. The molecule has 0 aliphatic carbocycles. The van der Waals surface area contributed by atoms with E-state index in [-0.39, 0.29) is 17.6 Å². The lowest BCUT2D eigenvalue weighted by Gasteiger charge is -2.32. The topological polar surface area (TPSA) is 62.5 Å². The zero-order valence-corrected chi connectivity index (χ0v) is 14.5. The molecule has 4 rings (SSSR count). The van der Waals surface area contributed by atoms with Crippen LogP contribution < -0.4 is 10.2 Å². The van der Waals surface area contributed by atoms with Crippen LogP contribution in [0, 0.1) is 18.7 Å². The maximum absolute atomic E-state index is 13.7. The number of anilines is 2. The van der Waals surface area contributed by atoms with Crippen molar-refractivity contribution in [3.63, 3.8) is 0 Å². The Morgan fingerprint density at radius 3 is 3.00 bits per heavy atom. The first kappa shape index (κ1) is 16.5. The first-order valence-corrected chi connectivity index (χ1v) is 8.74. The highest BCUT2D eigenvalue weighted by Gasteiger charge is 2.28. The average molecular weight is 353 g/mol. The maximum atomic E-state index is 13.7. The molecule has 1 aliphatic heterocycles. The highest BCUT2D eigenvalue weighted by molar-refractivity contribution is 5.93. The molecule has 6 nitrogen and oxygen atoms in total. The van der Waals surface area contributed by atoms with E-state index in [1.807, 2.05) is 28.8 Å². The van der Waals surface area contributed by atoms with Crippen LogP contribution in [0.5, 0.6) is 0 Å². The molecule has 1 fully saturated rings. The van der Waals surface area contributed by atoms with E-state index in [9.17, 15) is 9.18 Å². The summed E-state index contributed by atoms with van der Waals surface area (Å²) in [4.78, 5) is 14.8. The summed E-state index contributed by atoms with van der Waals surface area (Å²) >= 11 is 0. The van der Waals surface area contributed by atoms with Crippen molar-refractivity contribution < 1.29 is 9.18 Å². The molecule has 0 saturated carbocycles. The third kappa shape index (κ3) is 3.00. The van der Waals surface area contributed by atoms with Crippen molar-refractivity contribution in [1.29, 1.82) is 0 Å². The Bertz CT molecular complexity index is 954. The van der Waals surface area contributed by atoms with E-state index < -0.39 is 0 Å². The Morgan fingerprint density at radius 1 is 1.23 bits per heavy atom. The molecular weight excluding hydrogens is 333 g/mol. The molecule has 3 aromatic rings. The van der Waals surface area contributed by atoms with E-state index in [1.54, 1.807) is 19.1 Å². The van der Waals surface area contributed by atoms with Crippen molar-refractivity contribution in [2.45, 2.75) is 19.8 Å². The summed E-state index contributed by atoms with van der Waals surface area (Å²) in [6.07, 6.45) is 3.61. The first-order chi connectivity index (χ1) is 12.6. The third-order valence-corrected chi connectivity index (χ3v) is 4.90. The van der Waals surface area contributed by atoms with Gasteiger partial charge in [-0.25, -0.2) is 4.39 Å². The van der Waals surface area contributed by atoms with Gasteiger partial charge in [-0.2, -0.15) is 0 Å². The molecule has 1 aliphatic rings. The molecule has 0 unspecified atom stereocenters. The average Bonchev–Trinajstić information content (AvgIpc) is 3.10. The third-order valence-electron chi connectivity index (χ3n) is 4.90. The second-order valence-electron chi connectivity index (χ2n) is 6.62. The fourth-order valence-electron chi connectivity index (χ4n) is 3.39. The molecular formula is C19H20FN5O. The smallest absolute Gasteiger partial charge is 0.231 e. The number of carbonyl (C=O) groups excluding carboxylic acids is 1. The van der Waals surface area contributed by atoms with Crippen LogP contribution in [-0.4, -0.2) is 33.6 Å². The monoisotopic (exact) mass is 353 g/mol. The first-order valence-electron chi connectivity index (χ1n) is 8.74. The van der Waals surface area contributed by atoms with Gasteiger partial charge >= 0.3 is 0 Å². The summed E-state index contributed by atoms with van der Waals surface area (Å²) in [6, 6.07) is 10.5. The number of amides is 1. The molecule has 7 heteroatoms. The lowest BCUT2D eigenvalue weighted by atomic mass is 9.97. The Morgan fingerprint density at radius 2 is 2.12 bits per heavy atom. The van der Waals surface area contributed by atoms with Crippen molar-refractivity contribution in [2.75, 3.05) is 23.3 Å². The van der Waals surface area contributed by atoms with Crippen LogP contribution in [0.4, 0.5) is 16.0 Å². The molecule has 26 heavy (non-hydrogen) atoms. The van der Waals surface area contributed by atoms with Gasteiger partial charge < -0.3 is 10.2 Å². The quantitative estimate of drug-likeness (QED) is 0.786. The molecule has 1 aromatic carbocycles. The highest BCUT2D eigenvalue weighted by atomic mass is 19.1. The van der Waals surface area contributed by atoms with E-state index >= 15 is 0 Å². The van der Waals surface area contributed by atoms with Gasteiger partial charge in [0.15, 0.2) is 5.65 Å². The van der Waals surface area contributed by atoms with E-state index in [2.05, 4.69) is 20.4 Å². The van der Waals surface area contributed by atoms with Gasteiger partial charge in [0.05, 0.1) is 5.92 Å². The number of aromatic nitrogens is 3. The second kappa shape index (κ2) is 6.74. The number of piperidine rings is 1. The van der Waals surface area contributed by atoms with Crippen molar-refractivity contribution in [3.8, 4) is 0 Å². The number of carbonyl (C=O) groups is 1. The van der Waals surface area contributed by atoms with Crippen LogP contribution in [0.1, 0.15) is 18.4 Å². The Hall–Kier alpha value is -2.96. The fourth-order valence-corrected chi connectivity index (χ4v) is 3.39. The minimum absolute atomic E-state index is 0.0859. The molecule has 1 amide bonds. The number of hydrogen-bond acceptors (Lipinski definition) is 4. The highest BCUT2D eigenvalue weighted by Crippen LogP contribution is 2.24. The predicted molar refractivity (Wildman–Crippen MR) is 97.7 cm³/mol. The number of benzene rings is 1. The van der Waals surface area contributed by atoms with Gasteiger partial charge in [0.25, 0.3) is 0 Å². The van der Waals surface area contributed by atoms with Crippen LogP contribution in [0.3, 0.4) is 0 Å². The molecule has 3 heterocycles. The van der Waals surface area contributed by atoms with Gasteiger partial charge in [-0.05, 0) is 44.0 Å². The number of rotatable bonds is 3. The van der Waals surface area contributed by atoms with Gasteiger partial charge in [0.2, 0.25) is 11.9 Å². The van der Waals surface area contributed by atoms with Gasteiger partial charge in [0.1, 0.15) is 5.82 Å². The van der Waals surface area contributed by atoms with E-state index in [1.165, 1.54) is 6.07 Å². The largest absolute Gasteiger partial charge is 0.340 e. The SMILES string of the molecule is Cc1c(F)cccc1NC(=O)[C@@H]1CCCN(c2nnc3ccccn23)C1. The summed E-state index contributed by atoms with van der Waals surface area (Å²) < 4.78 is 15.6. The van der Waals surface area contributed by atoms with Crippen LogP contribution in [0.2, 0.25) is 0 Å². The second-order valence-corrected chi connectivity index (χ2v) is 6.62. The van der Waals surface area contributed by atoms with Crippen LogP contribution >= 0.6 is 0 Å². The van der Waals surface area contributed by atoms with Crippen molar-refractivity contribution in [1.82, 2.24) is 14.6 Å². The standard InChI is InChI=1S/C19H20FN5O/c1-13-15(20)7-4-8-16(13)21-18(26)14-6-5-10-24(12-14)19-23-22-17-9-2-3-11-25(17)19/h2-4,7-9,11,14H,5-6,10,12H2,1H3,(H,21,26)/t14-/m1/s1. The molecule has 1 atom stereocenters. The van der Waals surface area contributed by atoms with Crippen molar-refractivity contribution in [3.05, 3.63) is 54.0 Å². The lowest BCUT2D eigenvalue weighted by molar-refractivity contribution is -0.120.